The van der Waals surface area contributed by atoms with E-state index < -0.39 is 11.9 Å². The lowest BCUT2D eigenvalue weighted by Gasteiger charge is -2.19. The highest BCUT2D eigenvalue weighted by atomic mass is 35.5. The van der Waals surface area contributed by atoms with Crippen LogP contribution in [0.25, 0.3) is 5.69 Å². The van der Waals surface area contributed by atoms with Gasteiger partial charge in [0, 0.05) is 10.0 Å². The minimum absolute atomic E-state index is 0.0656. The first kappa shape index (κ1) is 21.2. The van der Waals surface area contributed by atoms with Gasteiger partial charge in [-0.25, -0.2) is 9.67 Å². The fraction of sp³-hybridized carbons (Fsp3) is 0.0455. The highest BCUT2D eigenvalue weighted by Crippen LogP contribution is 2.33. The van der Waals surface area contributed by atoms with Crippen molar-refractivity contribution in [2.45, 2.75) is 6.04 Å². The lowest BCUT2D eigenvalue weighted by atomic mass is 9.98. The lowest BCUT2D eigenvalue weighted by molar-refractivity contribution is 0.0932. The molecule has 3 aromatic carbocycles. The third-order valence-electron chi connectivity index (χ3n) is 4.56. The number of aromatic hydroxyl groups is 1. The van der Waals surface area contributed by atoms with Crippen molar-refractivity contribution in [2.24, 2.45) is 0 Å². The van der Waals surface area contributed by atoms with Crippen LogP contribution in [0.5, 0.6) is 5.75 Å². The number of nitrogens with one attached hydrogen (secondary N) is 1. The SMILES string of the molecule is O=C(NC(c1ccccc1)c1ccc(Cl)cc1)c1ncn(-c2cc(Cl)cc(Cl)c2O)n1. The number of amides is 1. The van der Waals surface area contributed by atoms with Crippen LogP contribution in [0.2, 0.25) is 15.1 Å². The molecule has 0 aliphatic rings. The van der Waals surface area contributed by atoms with Crippen LogP contribution >= 0.6 is 34.8 Å². The molecule has 2 N–H and O–H groups in total. The highest BCUT2D eigenvalue weighted by molar-refractivity contribution is 6.36. The molecule has 0 saturated heterocycles. The van der Waals surface area contributed by atoms with E-state index in [4.69, 9.17) is 34.8 Å². The van der Waals surface area contributed by atoms with Crippen LogP contribution in [0.1, 0.15) is 27.8 Å². The van der Waals surface area contributed by atoms with Gasteiger partial charge in [0.15, 0.2) is 5.75 Å². The van der Waals surface area contributed by atoms with Crippen molar-refractivity contribution in [2.75, 3.05) is 0 Å². The van der Waals surface area contributed by atoms with Crippen LogP contribution in [0.15, 0.2) is 73.1 Å². The average Bonchev–Trinajstić information content (AvgIpc) is 3.26. The van der Waals surface area contributed by atoms with E-state index in [1.54, 1.807) is 12.1 Å². The molecule has 1 amide bonds. The molecule has 4 aromatic rings. The van der Waals surface area contributed by atoms with Gasteiger partial charge in [-0.15, -0.1) is 5.10 Å². The van der Waals surface area contributed by atoms with E-state index in [2.05, 4.69) is 15.4 Å². The van der Waals surface area contributed by atoms with E-state index in [-0.39, 0.29) is 22.3 Å². The highest BCUT2D eigenvalue weighted by Gasteiger charge is 2.21. The Bertz CT molecular complexity index is 1230. The summed E-state index contributed by atoms with van der Waals surface area (Å²) in [5.74, 6) is -0.785. The van der Waals surface area contributed by atoms with Gasteiger partial charge in [0.25, 0.3) is 5.91 Å². The number of phenols is 1. The van der Waals surface area contributed by atoms with Crippen molar-refractivity contribution < 1.29 is 9.90 Å². The van der Waals surface area contributed by atoms with E-state index in [0.717, 1.165) is 11.1 Å². The van der Waals surface area contributed by atoms with Gasteiger partial charge < -0.3 is 10.4 Å². The van der Waals surface area contributed by atoms with Crippen molar-refractivity contribution in [3.8, 4) is 11.4 Å². The quantitative estimate of drug-likeness (QED) is 0.404. The number of hydrogen-bond donors (Lipinski definition) is 2. The maximum absolute atomic E-state index is 12.9. The summed E-state index contributed by atoms with van der Waals surface area (Å²) in [6.45, 7) is 0. The first-order valence-electron chi connectivity index (χ1n) is 9.13. The van der Waals surface area contributed by atoms with Crippen LogP contribution < -0.4 is 5.32 Å². The molecular formula is C22H15Cl3N4O2. The molecule has 0 bridgehead atoms. The number of phenolic OH excluding ortho intramolecular Hbond substituents is 1. The Hall–Kier alpha value is -3.06. The van der Waals surface area contributed by atoms with Crippen LogP contribution in [0.4, 0.5) is 0 Å². The Balaban J connectivity index is 1.64. The zero-order valence-electron chi connectivity index (χ0n) is 15.8. The summed E-state index contributed by atoms with van der Waals surface area (Å²) in [6.07, 6.45) is 1.30. The second-order valence-electron chi connectivity index (χ2n) is 6.64. The number of halogens is 3. The predicted molar refractivity (Wildman–Crippen MR) is 120 cm³/mol. The summed E-state index contributed by atoms with van der Waals surface area (Å²) >= 11 is 18.0. The van der Waals surface area contributed by atoms with Gasteiger partial charge in [-0.1, -0.05) is 77.3 Å². The molecule has 0 saturated carbocycles. The van der Waals surface area contributed by atoms with E-state index in [0.29, 0.717) is 10.0 Å². The Morgan fingerprint density at radius 2 is 1.61 bits per heavy atom. The number of nitrogens with zero attached hydrogens (tertiary/aromatic N) is 3. The molecule has 1 unspecified atom stereocenters. The van der Waals surface area contributed by atoms with Gasteiger partial charge in [0.05, 0.1) is 11.1 Å². The van der Waals surface area contributed by atoms with Crippen molar-refractivity contribution in [3.63, 3.8) is 0 Å². The van der Waals surface area contributed by atoms with Crippen molar-refractivity contribution in [3.05, 3.63) is 105 Å². The monoisotopic (exact) mass is 472 g/mol. The smallest absolute Gasteiger partial charge is 0.291 e. The largest absolute Gasteiger partial charge is 0.504 e. The van der Waals surface area contributed by atoms with Crippen molar-refractivity contribution in [1.82, 2.24) is 20.1 Å². The Morgan fingerprint density at radius 1 is 0.935 bits per heavy atom. The number of hydrogen-bond acceptors (Lipinski definition) is 4. The van der Waals surface area contributed by atoms with Crippen molar-refractivity contribution >= 4 is 40.7 Å². The maximum Gasteiger partial charge on any atom is 0.291 e. The lowest BCUT2D eigenvalue weighted by Crippen LogP contribution is -2.30. The van der Waals surface area contributed by atoms with Crippen LogP contribution in [0, 0.1) is 0 Å². The molecule has 1 aromatic heterocycles. The molecule has 0 aliphatic carbocycles. The number of carbonyl (C=O) groups is 1. The van der Waals surface area contributed by atoms with Gasteiger partial charge >= 0.3 is 0 Å². The zero-order valence-corrected chi connectivity index (χ0v) is 18.1. The molecule has 0 fully saturated rings. The van der Waals surface area contributed by atoms with Gasteiger partial charge in [0.2, 0.25) is 5.82 Å². The topological polar surface area (TPSA) is 80.0 Å². The Labute approximate surface area is 193 Å². The molecule has 4 rings (SSSR count). The van der Waals surface area contributed by atoms with Gasteiger partial charge in [0.1, 0.15) is 12.0 Å². The minimum Gasteiger partial charge on any atom is -0.504 e. The van der Waals surface area contributed by atoms with Crippen LogP contribution in [-0.4, -0.2) is 25.8 Å². The molecule has 6 nitrogen and oxygen atoms in total. The Morgan fingerprint density at radius 3 is 2.32 bits per heavy atom. The molecule has 0 radical (unpaired) electrons. The third kappa shape index (κ3) is 4.66. The summed E-state index contributed by atoms with van der Waals surface area (Å²) in [7, 11) is 0. The molecule has 0 spiro atoms. The molecule has 1 atom stereocenters. The number of aromatic nitrogens is 3. The second kappa shape index (κ2) is 8.98. The predicted octanol–water partition coefficient (Wildman–Crippen LogP) is 5.45. The normalized spacial score (nSPS) is 11.8. The molecule has 0 aliphatic heterocycles. The average molecular weight is 474 g/mol. The first-order valence-corrected chi connectivity index (χ1v) is 10.3. The molecule has 9 heteroatoms. The zero-order chi connectivity index (χ0) is 22.0. The summed E-state index contributed by atoms with van der Waals surface area (Å²) in [6, 6.07) is 19.2. The number of rotatable bonds is 5. The van der Waals surface area contributed by atoms with E-state index in [1.165, 1.54) is 23.1 Å². The minimum atomic E-state index is -0.491. The first-order chi connectivity index (χ1) is 14.9. The van der Waals surface area contributed by atoms with E-state index in [1.807, 2.05) is 42.5 Å². The molecule has 156 valence electrons. The summed E-state index contributed by atoms with van der Waals surface area (Å²) < 4.78 is 1.24. The summed E-state index contributed by atoms with van der Waals surface area (Å²) in [5.41, 5.74) is 1.95. The number of carbonyl (C=O) groups excluding carboxylic acids is 1. The fourth-order valence-electron chi connectivity index (χ4n) is 3.07. The summed E-state index contributed by atoms with van der Waals surface area (Å²) in [4.78, 5) is 17.0. The second-order valence-corrected chi connectivity index (χ2v) is 7.92. The molecular weight excluding hydrogens is 459 g/mol. The molecule has 31 heavy (non-hydrogen) atoms. The van der Waals surface area contributed by atoms with Gasteiger partial charge in [-0.3, -0.25) is 4.79 Å². The van der Waals surface area contributed by atoms with Crippen molar-refractivity contribution in [1.29, 1.82) is 0 Å². The molecule has 1 heterocycles. The third-order valence-corrected chi connectivity index (χ3v) is 5.32. The van der Waals surface area contributed by atoms with Crippen LogP contribution in [0.3, 0.4) is 0 Å². The maximum atomic E-state index is 12.9. The van der Waals surface area contributed by atoms with E-state index in [9.17, 15) is 9.90 Å². The number of benzene rings is 3. The summed E-state index contributed by atoms with van der Waals surface area (Å²) in [5, 5.41) is 18.3. The Kier molecular flexibility index (Phi) is 6.13. The van der Waals surface area contributed by atoms with Gasteiger partial charge in [-0.05, 0) is 35.4 Å². The van der Waals surface area contributed by atoms with Gasteiger partial charge in [-0.2, -0.15) is 0 Å². The van der Waals surface area contributed by atoms with Crippen LogP contribution in [-0.2, 0) is 0 Å². The standard InChI is InChI=1S/C22H15Cl3N4O2/c23-15-8-6-14(7-9-15)19(13-4-2-1-3-5-13)27-22(31)21-26-12-29(28-21)18-11-16(24)10-17(25)20(18)30/h1-12,19,30H,(H,27,31). The van der Waals surface area contributed by atoms with E-state index >= 15 is 0 Å². The fourth-order valence-corrected chi connectivity index (χ4v) is 3.67.